The Balaban J connectivity index is 1.35. The SMILES string of the molecule is CCC1=C(C2=C(C3=C(CC)S(=O)(=O)C4C=C(c5ccc(C)cc5)C=CC34)CCC2)c2ccc(-c3ccc(CO)cc3)cc2S1(=O)=O. The largest absolute Gasteiger partial charge is 0.392 e. The maximum absolute atomic E-state index is 14.1. The summed E-state index contributed by atoms with van der Waals surface area (Å²) >= 11 is 0. The van der Waals surface area contributed by atoms with Crippen molar-refractivity contribution in [2.24, 2.45) is 5.92 Å². The van der Waals surface area contributed by atoms with Crippen LogP contribution in [0.1, 0.15) is 68.2 Å². The number of aliphatic hydroxyl groups excluding tert-OH is 1. The molecule has 7 rings (SSSR count). The van der Waals surface area contributed by atoms with Crippen molar-refractivity contribution in [1.29, 1.82) is 0 Å². The quantitative estimate of drug-likeness (QED) is 0.278. The molecule has 2 heterocycles. The van der Waals surface area contributed by atoms with E-state index in [0.29, 0.717) is 39.5 Å². The summed E-state index contributed by atoms with van der Waals surface area (Å²) < 4.78 is 56.5. The predicted octanol–water partition coefficient (Wildman–Crippen LogP) is 8.27. The zero-order valence-electron chi connectivity index (χ0n) is 26.4. The van der Waals surface area contributed by atoms with E-state index in [0.717, 1.165) is 68.5 Å². The molecule has 5 nitrogen and oxygen atoms in total. The van der Waals surface area contributed by atoms with Crippen LogP contribution in [0.15, 0.2) is 116 Å². The number of fused-ring (bicyclic) bond motifs is 2. The topological polar surface area (TPSA) is 88.5 Å². The smallest absolute Gasteiger partial charge is 0.204 e. The second kappa shape index (κ2) is 11.5. The molecule has 46 heavy (non-hydrogen) atoms. The van der Waals surface area contributed by atoms with Gasteiger partial charge < -0.3 is 5.11 Å². The maximum atomic E-state index is 14.1. The minimum Gasteiger partial charge on any atom is -0.392 e. The van der Waals surface area contributed by atoms with Gasteiger partial charge in [0.15, 0.2) is 9.84 Å². The fourth-order valence-electron chi connectivity index (χ4n) is 7.76. The molecule has 4 aliphatic rings. The average molecular weight is 651 g/mol. The number of aliphatic hydroxyl groups is 1. The molecule has 0 fully saturated rings. The van der Waals surface area contributed by atoms with Gasteiger partial charge >= 0.3 is 0 Å². The Morgan fingerprint density at radius 3 is 2.11 bits per heavy atom. The molecule has 0 spiro atoms. The summed E-state index contributed by atoms with van der Waals surface area (Å²) in [7, 11) is -7.33. The van der Waals surface area contributed by atoms with Crippen molar-refractivity contribution in [3.63, 3.8) is 0 Å². The summed E-state index contributed by atoms with van der Waals surface area (Å²) in [6.07, 6.45) is 9.06. The number of allylic oxidation sites excluding steroid dienone is 9. The third kappa shape index (κ3) is 4.74. The number of hydrogen-bond acceptors (Lipinski definition) is 5. The average Bonchev–Trinajstić information content (AvgIpc) is 3.69. The highest BCUT2D eigenvalue weighted by Crippen LogP contribution is 2.54. The highest BCUT2D eigenvalue weighted by atomic mass is 32.2. The van der Waals surface area contributed by atoms with Crippen molar-refractivity contribution in [3.8, 4) is 11.1 Å². The minimum atomic E-state index is -3.73. The van der Waals surface area contributed by atoms with Crippen LogP contribution in [0, 0.1) is 12.8 Å². The number of rotatable bonds is 7. The Bertz CT molecular complexity index is 2140. The van der Waals surface area contributed by atoms with Crippen LogP contribution < -0.4 is 0 Å². The van der Waals surface area contributed by atoms with Gasteiger partial charge in [0.25, 0.3) is 0 Å². The Morgan fingerprint density at radius 2 is 1.43 bits per heavy atom. The van der Waals surface area contributed by atoms with E-state index in [-0.39, 0.29) is 12.5 Å². The molecule has 0 bridgehead atoms. The van der Waals surface area contributed by atoms with Crippen molar-refractivity contribution in [1.82, 2.24) is 0 Å². The van der Waals surface area contributed by atoms with Crippen LogP contribution in [0.3, 0.4) is 0 Å². The summed E-state index contributed by atoms with van der Waals surface area (Å²) in [6.45, 7) is 5.78. The number of benzene rings is 3. The molecule has 0 aromatic heterocycles. The van der Waals surface area contributed by atoms with Crippen LogP contribution in [-0.2, 0) is 26.3 Å². The van der Waals surface area contributed by atoms with Gasteiger partial charge in [-0.2, -0.15) is 0 Å². The standard InChI is InChI=1S/C39H38O5S2/c1-4-34-38(32-19-17-28(21-36(32)45(34,41)42)26-13-9-24(3)10-14-26)30-7-6-8-31(30)39-33-20-18-29(27-15-11-25(23-40)12-16-27)22-37(33)46(43,44)35(39)5-2/h9-22,32,36,40H,4-8,23H2,1-3H3. The van der Waals surface area contributed by atoms with E-state index >= 15 is 0 Å². The van der Waals surface area contributed by atoms with Crippen molar-refractivity contribution < 1.29 is 21.9 Å². The van der Waals surface area contributed by atoms with Crippen molar-refractivity contribution in [2.45, 2.75) is 69.6 Å². The van der Waals surface area contributed by atoms with E-state index in [9.17, 15) is 21.9 Å². The summed E-state index contributed by atoms with van der Waals surface area (Å²) in [4.78, 5) is 1.22. The van der Waals surface area contributed by atoms with Crippen LogP contribution in [0.2, 0.25) is 0 Å². The van der Waals surface area contributed by atoms with Crippen LogP contribution >= 0.6 is 0 Å². The van der Waals surface area contributed by atoms with Gasteiger partial charge in [0.05, 0.1) is 21.7 Å². The third-order valence-corrected chi connectivity index (χ3v) is 14.4. The molecule has 1 N–H and O–H groups in total. The number of aryl methyl sites for hydroxylation is 1. The van der Waals surface area contributed by atoms with E-state index in [1.54, 1.807) is 6.07 Å². The van der Waals surface area contributed by atoms with Gasteiger partial charge in [-0.15, -0.1) is 0 Å². The second-order valence-electron chi connectivity index (χ2n) is 12.6. The monoisotopic (exact) mass is 650 g/mol. The third-order valence-electron chi connectivity index (χ3n) is 10.0. The second-order valence-corrected chi connectivity index (χ2v) is 16.7. The van der Waals surface area contributed by atoms with Gasteiger partial charge in [-0.3, -0.25) is 0 Å². The van der Waals surface area contributed by atoms with Crippen LogP contribution in [0.4, 0.5) is 0 Å². The van der Waals surface area contributed by atoms with Gasteiger partial charge in [-0.25, -0.2) is 16.8 Å². The van der Waals surface area contributed by atoms with Crippen LogP contribution in [-0.4, -0.2) is 27.2 Å². The van der Waals surface area contributed by atoms with Gasteiger partial charge in [0, 0.05) is 22.0 Å². The lowest BCUT2D eigenvalue weighted by molar-refractivity contribution is 0.282. The maximum Gasteiger partial charge on any atom is 0.204 e. The van der Waals surface area contributed by atoms with Crippen molar-refractivity contribution >= 4 is 30.8 Å². The fraction of sp³-hybridized carbons (Fsp3) is 0.282. The van der Waals surface area contributed by atoms with E-state index < -0.39 is 24.9 Å². The molecule has 236 valence electrons. The van der Waals surface area contributed by atoms with Crippen molar-refractivity contribution in [2.75, 3.05) is 0 Å². The van der Waals surface area contributed by atoms with Crippen molar-refractivity contribution in [3.05, 3.63) is 134 Å². The number of sulfone groups is 2. The molecular formula is C39H38O5S2. The Labute approximate surface area is 272 Å². The van der Waals surface area contributed by atoms with Gasteiger partial charge in [0.2, 0.25) is 9.84 Å². The first-order valence-corrected chi connectivity index (χ1v) is 19.1. The first kappa shape index (κ1) is 30.9. The molecule has 3 aromatic carbocycles. The van der Waals surface area contributed by atoms with Gasteiger partial charge in [-0.05, 0) is 89.6 Å². The summed E-state index contributed by atoms with van der Waals surface area (Å²) in [5, 5.41) is 8.77. The predicted molar refractivity (Wildman–Crippen MR) is 185 cm³/mol. The minimum absolute atomic E-state index is 0.0531. The lowest BCUT2D eigenvalue weighted by Crippen LogP contribution is -2.23. The molecular weight excluding hydrogens is 613 g/mol. The van der Waals surface area contributed by atoms with Crippen LogP contribution in [0.25, 0.3) is 22.3 Å². The lowest BCUT2D eigenvalue weighted by atomic mass is 9.81. The Morgan fingerprint density at radius 1 is 0.783 bits per heavy atom. The Hall–Kier alpha value is -3.78. The molecule has 2 atom stereocenters. The van der Waals surface area contributed by atoms with Gasteiger partial charge in [0.1, 0.15) is 0 Å². The molecule has 0 radical (unpaired) electrons. The molecule has 2 aliphatic heterocycles. The molecule has 0 amide bonds. The highest BCUT2D eigenvalue weighted by Gasteiger charge is 2.48. The fourth-order valence-corrected chi connectivity index (χ4v) is 11.9. The van der Waals surface area contributed by atoms with E-state index in [1.165, 1.54) is 0 Å². The van der Waals surface area contributed by atoms with E-state index in [4.69, 9.17) is 0 Å². The lowest BCUT2D eigenvalue weighted by Gasteiger charge is -2.23. The zero-order chi connectivity index (χ0) is 32.4. The Kier molecular flexibility index (Phi) is 7.70. The molecule has 0 saturated heterocycles. The van der Waals surface area contributed by atoms with Crippen LogP contribution in [0.5, 0.6) is 0 Å². The molecule has 2 aliphatic carbocycles. The molecule has 0 saturated carbocycles. The summed E-state index contributed by atoms with van der Waals surface area (Å²) in [5.74, 6) is -0.301. The zero-order valence-corrected chi connectivity index (χ0v) is 28.0. The first-order chi connectivity index (χ1) is 22.1. The molecule has 3 aromatic rings. The number of hydrogen-bond donors (Lipinski definition) is 1. The first-order valence-electron chi connectivity index (χ1n) is 16.1. The summed E-state index contributed by atoms with van der Waals surface area (Å²) in [6, 6.07) is 21.3. The van der Waals surface area contributed by atoms with E-state index in [2.05, 4.69) is 12.2 Å². The normalized spacial score (nSPS) is 22.8. The van der Waals surface area contributed by atoms with E-state index in [1.807, 2.05) is 87.5 Å². The summed E-state index contributed by atoms with van der Waals surface area (Å²) in [5.41, 5.74) is 9.88. The molecule has 7 heteroatoms. The molecule has 2 unspecified atom stereocenters. The highest BCUT2D eigenvalue weighted by molar-refractivity contribution is 7.96. The van der Waals surface area contributed by atoms with Gasteiger partial charge in [-0.1, -0.05) is 98.3 Å².